The van der Waals surface area contributed by atoms with Gasteiger partial charge in [-0.2, -0.15) is 0 Å². The zero-order valence-electron chi connectivity index (χ0n) is 20.7. The minimum atomic E-state index is -1.20. The number of hydrogen-bond donors (Lipinski definition) is 8. The molecule has 0 spiro atoms. The van der Waals surface area contributed by atoms with Gasteiger partial charge in [0.05, 0.1) is 6.04 Å². The summed E-state index contributed by atoms with van der Waals surface area (Å²) in [5.41, 5.74) is 16.1. The Kier molecular flexibility index (Phi) is 13.7. The number of carboxylic acid groups (broad SMARTS) is 1. The van der Waals surface area contributed by atoms with Gasteiger partial charge in [0.15, 0.2) is 5.96 Å². The molecule has 1 aliphatic heterocycles. The molecule has 0 aromatic heterocycles. The van der Waals surface area contributed by atoms with Gasteiger partial charge in [-0.05, 0) is 64.0 Å². The Labute approximate surface area is 206 Å². The van der Waals surface area contributed by atoms with Gasteiger partial charge >= 0.3 is 5.97 Å². The van der Waals surface area contributed by atoms with E-state index in [2.05, 4.69) is 26.3 Å². The van der Waals surface area contributed by atoms with Crippen LogP contribution in [0.2, 0.25) is 0 Å². The molecule has 11 N–H and O–H groups in total. The number of nitrogens with two attached hydrogens (primary N) is 3. The van der Waals surface area contributed by atoms with E-state index in [0.29, 0.717) is 32.2 Å². The predicted octanol–water partition coefficient (Wildman–Crippen LogP) is -1.88. The Morgan fingerprint density at radius 3 is 2.20 bits per heavy atom. The average Bonchev–Trinajstić information content (AvgIpc) is 3.33. The van der Waals surface area contributed by atoms with Gasteiger partial charge in [0.1, 0.15) is 18.1 Å². The Balaban J connectivity index is 2.85. The molecule has 0 aromatic rings. The molecule has 0 saturated carbocycles. The van der Waals surface area contributed by atoms with Crippen LogP contribution in [0.3, 0.4) is 0 Å². The third-order valence-corrected chi connectivity index (χ3v) is 5.76. The quantitative estimate of drug-likeness (QED) is 0.0675. The molecule has 3 amide bonds. The van der Waals surface area contributed by atoms with Crippen LogP contribution in [0.1, 0.15) is 58.8 Å². The summed E-state index contributed by atoms with van der Waals surface area (Å²) >= 11 is 0. The van der Waals surface area contributed by atoms with Crippen molar-refractivity contribution in [3.05, 3.63) is 0 Å². The largest absolute Gasteiger partial charge is 0.480 e. The van der Waals surface area contributed by atoms with E-state index in [9.17, 15) is 24.3 Å². The summed E-state index contributed by atoms with van der Waals surface area (Å²) in [5, 5.41) is 20.6. The monoisotopic (exact) mass is 498 g/mol. The normalized spacial score (nSPS) is 17.8. The number of carbonyl (C=O) groups excluding carboxylic acids is 3. The van der Waals surface area contributed by atoms with E-state index in [-0.39, 0.29) is 43.2 Å². The molecule has 1 heterocycles. The van der Waals surface area contributed by atoms with Crippen molar-refractivity contribution < 1.29 is 24.3 Å². The fourth-order valence-corrected chi connectivity index (χ4v) is 3.75. The van der Waals surface area contributed by atoms with Gasteiger partial charge in [-0.15, -0.1) is 0 Å². The second-order valence-electron chi connectivity index (χ2n) is 9.07. The van der Waals surface area contributed by atoms with Crippen LogP contribution in [0.25, 0.3) is 0 Å². The second-order valence-corrected chi connectivity index (χ2v) is 9.07. The lowest BCUT2D eigenvalue weighted by Crippen LogP contribution is -2.58. The predicted molar refractivity (Wildman–Crippen MR) is 132 cm³/mol. The number of unbranched alkanes of at least 4 members (excludes halogenated alkanes) is 1. The van der Waals surface area contributed by atoms with E-state index in [1.54, 1.807) is 13.8 Å². The van der Waals surface area contributed by atoms with Crippen LogP contribution in [-0.2, 0) is 19.2 Å². The average molecular weight is 499 g/mol. The lowest BCUT2D eigenvalue weighted by Gasteiger charge is -2.27. The highest BCUT2D eigenvalue weighted by Crippen LogP contribution is 2.10. The van der Waals surface area contributed by atoms with Crippen molar-refractivity contribution in [2.75, 3.05) is 19.6 Å². The maximum atomic E-state index is 13.1. The highest BCUT2D eigenvalue weighted by atomic mass is 16.4. The van der Waals surface area contributed by atoms with Crippen LogP contribution in [0.5, 0.6) is 0 Å². The molecule has 1 fully saturated rings. The smallest absolute Gasteiger partial charge is 0.326 e. The van der Waals surface area contributed by atoms with Crippen molar-refractivity contribution >= 4 is 29.7 Å². The molecule has 4 atom stereocenters. The van der Waals surface area contributed by atoms with Crippen LogP contribution in [0.15, 0.2) is 4.99 Å². The number of aliphatic imine (C=N–C) groups is 1. The second kappa shape index (κ2) is 15.9. The van der Waals surface area contributed by atoms with Gasteiger partial charge < -0.3 is 43.6 Å². The number of carboxylic acids is 1. The highest BCUT2D eigenvalue weighted by Gasteiger charge is 2.32. The van der Waals surface area contributed by atoms with E-state index in [1.807, 2.05) is 0 Å². The maximum absolute atomic E-state index is 13.1. The number of aliphatic carboxylic acids is 1. The Morgan fingerprint density at radius 1 is 1.00 bits per heavy atom. The molecule has 1 rings (SSSR count). The summed E-state index contributed by atoms with van der Waals surface area (Å²) in [6.45, 7) is 4.99. The van der Waals surface area contributed by atoms with E-state index >= 15 is 0 Å². The number of amides is 3. The zero-order valence-corrected chi connectivity index (χ0v) is 20.7. The van der Waals surface area contributed by atoms with Crippen molar-refractivity contribution in [2.24, 2.45) is 28.1 Å². The summed E-state index contributed by atoms with van der Waals surface area (Å²) in [5.74, 6) is -2.90. The Hall–Kier alpha value is -2.93. The molecule has 1 aliphatic rings. The van der Waals surface area contributed by atoms with Crippen LogP contribution in [-0.4, -0.2) is 78.6 Å². The summed E-state index contributed by atoms with van der Waals surface area (Å²) in [6.07, 6.45) is 3.51. The van der Waals surface area contributed by atoms with Crippen molar-refractivity contribution in [1.82, 2.24) is 21.3 Å². The molecule has 13 heteroatoms. The first-order valence-corrected chi connectivity index (χ1v) is 12.2. The fraction of sp³-hybridized carbons (Fsp3) is 0.773. The molecule has 35 heavy (non-hydrogen) atoms. The molecular formula is C22H42N8O5. The number of hydrogen-bond acceptors (Lipinski definition) is 7. The number of rotatable bonds is 16. The Bertz CT molecular complexity index is 735. The third-order valence-electron chi connectivity index (χ3n) is 5.76. The molecule has 1 saturated heterocycles. The van der Waals surface area contributed by atoms with Gasteiger partial charge in [0.25, 0.3) is 0 Å². The molecule has 0 radical (unpaired) electrons. The summed E-state index contributed by atoms with van der Waals surface area (Å²) in [4.78, 5) is 54.0. The van der Waals surface area contributed by atoms with Crippen LogP contribution >= 0.6 is 0 Å². The zero-order chi connectivity index (χ0) is 26.4. The summed E-state index contributed by atoms with van der Waals surface area (Å²) in [7, 11) is 0. The third kappa shape index (κ3) is 11.4. The lowest BCUT2D eigenvalue weighted by atomic mass is 10.0. The van der Waals surface area contributed by atoms with Crippen molar-refractivity contribution in [3.63, 3.8) is 0 Å². The van der Waals surface area contributed by atoms with Crippen LogP contribution in [0.4, 0.5) is 0 Å². The molecule has 0 aromatic carbocycles. The number of nitrogens with one attached hydrogen (secondary N) is 4. The summed E-state index contributed by atoms with van der Waals surface area (Å²) < 4.78 is 0. The van der Waals surface area contributed by atoms with E-state index in [1.165, 1.54) is 0 Å². The molecular weight excluding hydrogens is 456 g/mol. The van der Waals surface area contributed by atoms with E-state index < -0.39 is 35.9 Å². The maximum Gasteiger partial charge on any atom is 0.326 e. The number of carbonyl (C=O) groups is 4. The topological polar surface area (TPSA) is 227 Å². The molecule has 0 bridgehead atoms. The standard InChI is InChI=1S/C22H42N8O5/c1-13(2)17(30-18(31)14-8-5-11-26-14)20(33)28-15(7-3-4-10-23)19(32)29-16(21(34)35)9-6-12-27-22(24)25/h13-17,26H,3-12,23H2,1-2H3,(H,28,33)(H,29,32)(H,30,31)(H,34,35)(H4,24,25,27). The number of guanidine groups is 1. The first-order valence-electron chi connectivity index (χ1n) is 12.2. The van der Waals surface area contributed by atoms with Gasteiger partial charge in [-0.1, -0.05) is 13.8 Å². The molecule has 0 aliphatic carbocycles. The van der Waals surface area contributed by atoms with Gasteiger partial charge in [-0.25, -0.2) is 4.79 Å². The molecule has 13 nitrogen and oxygen atoms in total. The van der Waals surface area contributed by atoms with Crippen molar-refractivity contribution in [3.8, 4) is 0 Å². The van der Waals surface area contributed by atoms with Gasteiger partial charge in [0, 0.05) is 6.54 Å². The Morgan fingerprint density at radius 2 is 1.66 bits per heavy atom. The first kappa shape index (κ1) is 30.1. The van der Waals surface area contributed by atoms with E-state index in [4.69, 9.17) is 17.2 Å². The molecule has 200 valence electrons. The SMILES string of the molecule is CC(C)C(NC(=O)C1CCCN1)C(=O)NC(CCCCN)C(=O)NC(CCCN=C(N)N)C(=O)O. The van der Waals surface area contributed by atoms with Crippen LogP contribution < -0.4 is 38.5 Å². The number of nitrogens with zero attached hydrogens (tertiary/aromatic N) is 1. The van der Waals surface area contributed by atoms with Crippen molar-refractivity contribution in [1.29, 1.82) is 0 Å². The highest BCUT2D eigenvalue weighted by molar-refractivity contribution is 5.94. The fourth-order valence-electron chi connectivity index (χ4n) is 3.75. The lowest BCUT2D eigenvalue weighted by molar-refractivity contribution is -0.142. The van der Waals surface area contributed by atoms with Gasteiger partial charge in [-0.3, -0.25) is 19.4 Å². The van der Waals surface area contributed by atoms with Crippen LogP contribution in [0, 0.1) is 5.92 Å². The van der Waals surface area contributed by atoms with E-state index in [0.717, 1.165) is 13.0 Å². The van der Waals surface area contributed by atoms with Crippen molar-refractivity contribution in [2.45, 2.75) is 83.0 Å². The minimum absolute atomic E-state index is 0.0981. The minimum Gasteiger partial charge on any atom is -0.480 e. The first-order chi connectivity index (χ1) is 16.6. The van der Waals surface area contributed by atoms with Gasteiger partial charge in [0.2, 0.25) is 17.7 Å². The molecule has 4 unspecified atom stereocenters. The summed E-state index contributed by atoms with van der Waals surface area (Å²) in [6, 6.07) is -3.33.